The molecule has 0 atom stereocenters. The summed E-state index contributed by atoms with van der Waals surface area (Å²) in [6.45, 7) is 2.05. The highest BCUT2D eigenvalue weighted by molar-refractivity contribution is 5.89. The van der Waals surface area contributed by atoms with E-state index in [0.29, 0.717) is 17.1 Å². The quantitative estimate of drug-likeness (QED) is 0.416. The van der Waals surface area contributed by atoms with Crippen molar-refractivity contribution in [2.75, 3.05) is 6.61 Å². The van der Waals surface area contributed by atoms with Crippen LogP contribution in [0.3, 0.4) is 0 Å². The number of esters is 2. The van der Waals surface area contributed by atoms with Crippen molar-refractivity contribution in [2.24, 2.45) is 0 Å². The molecule has 0 saturated carbocycles. The van der Waals surface area contributed by atoms with Gasteiger partial charge in [0, 0.05) is 0 Å². The van der Waals surface area contributed by atoms with Gasteiger partial charge in [-0.05, 0) is 53.9 Å². The van der Waals surface area contributed by atoms with Crippen molar-refractivity contribution in [2.45, 2.75) is 20.0 Å². The molecule has 29 heavy (non-hydrogen) atoms. The molecule has 0 heterocycles. The highest BCUT2D eigenvalue weighted by Gasteiger charge is 2.10. The molecule has 0 bridgehead atoms. The maximum Gasteiger partial charge on any atom is 0.349 e. The Labute approximate surface area is 169 Å². The first-order valence-corrected chi connectivity index (χ1v) is 9.37. The minimum Gasteiger partial charge on any atom is -0.482 e. The Morgan fingerprint density at radius 3 is 2.24 bits per heavy atom. The minimum atomic E-state index is -0.522. The summed E-state index contributed by atoms with van der Waals surface area (Å²) in [5.41, 5.74) is 2.43. The van der Waals surface area contributed by atoms with Crippen LogP contribution < -0.4 is 9.47 Å². The average molecular weight is 390 g/mol. The van der Waals surface area contributed by atoms with Gasteiger partial charge in [0.1, 0.15) is 18.1 Å². The van der Waals surface area contributed by atoms with E-state index < -0.39 is 11.9 Å². The molecular weight excluding hydrogens is 368 g/mol. The maximum absolute atomic E-state index is 12.1. The van der Waals surface area contributed by atoms with Crippen molar-refractivity contribution < 1.29 is 23.8 Å². The Morgan fingerprint density at radius 1 is 0.793 bits per heavy atom. The zero-order valence-corrected chi connectivity index (χ0v) is 16.2. The van der Waals surface area contributed by atoms with Crippen molar-refractivity contribution in [1.29, 1.82) is 0 Å². The van der Waals surface area contributed by atoms with Gasteiger partial charge < -0.3 is 14.2 Å². The van der Waals surface area contributed by atoms with Crippen LogP contribution >= 0.6 is 0 Å². The maximum atomic E-state index is 12.1. The second kappa shape index (κ2) is 10.1. The Balaban J connectivity index is 1.47. The Morgan fingerprint density at radius 2 is 1.52 bits per heavy atom. The number of hydrogen-bond acceptors (Lipinski definition) is 5. The van der Waals surface area contributed by atoms with Crippen LogP contribution in [0.4, 0.5) is 0 Å². The SMILES string of the molecule is CCc1cccc(OCC(=O)Oc2ccc(C(=O)OCc3ccccc3)cc2)c1. The van der Waals surface area contributed by atoms with Crippen molar-refractivity contribution >= 4 is 11.9 Å². The fourth-order valence-electron chi connectivity index (χ4n) is 2.62. The van der Waals surface area contributed by atoms with Crippen LogP contribution in [0.25, 0.3) is 0 Å². The molecule has 3 rings (SSSR count). The van der Waals surface area contributed by atoms with Gasteiger partial charge in [0.05, 0.1) is 5.56 Å². The zero-order valence-electron chi connectivity index (χ0n) is 16.2. The molecule has 0 radical (unpaired) electrons. The molecule has 0 aliphatic carbocycles. The average Bonchev–Trinajstić information content (AvgIpc) is 2.77. The van der Waals surface area contributed by atoms with Gasteiger partial charge in [-0.2, -0.15) is 0 Å². The smallest absolute Gasteiger partial charge is 0.349 e. The molecule has 5 heteroatoms. The first-order valence-electron chi connectivity index (χ1n) is 9.37. The molecule has 0 fully saturated rings. The molecule has 5 nitrogen and oxygen atoms in total. The number of aryl methyl sites for hydroxylation is 1. The summed E-state index contributed by atoms with van der Waals surface area (Å²) in [7, 11) is 0. The number of benzene rings is 3. The lowest BCUT2D eigenvalue weighted by atomic mass is 10.2. The van der Waals surface area contributed by atoms with Gasteiger partial charge in [-0.15, -0.1) is 0 Å². The summed E-state index contributed by atoms with van der Waals surface area (Å²) in [6, 6.07) is 23.2. The van der Waals surface area contributed by atoms with Gasteiger partial charge in [0.2, 0.25) is 0 Å². The molecule has 0 spiro atoms. The second-order valence-electron chi connectivity index (χ2n) is 6.35. The predicted octanol–water partition coefficient (Wildman–Crippen LogP) is 4.59. The monoisotopic (exact) mass is 390 g/mol. The largest absolute Gasteiger partial charge is 0.482 e. The highest BCUT2D eigenvalue weighted by atomic mass is 16.6. The fourth-order valence-corrected chi connectivity index (χ4v) is 2.62. The van der Waals surface area contributed by atoms with Crippen molar-refractivity contribution in [3.05, 3.63) is 95.6 Å². The van der Waals surface area contributed by atoms with E-state index in [4.69, 9.17) is 14.2 Å². The lowest BCUT2D eigenvalue weighted by Crippen LogP contribution is -2.17. The van der Waals surface area contributed by atoms with Crippen molar-refractivity contribution in [3.63, 3.8) is 0 Å². The normalized spacial score (nSPS) is 10.2. The van der Waals surface area contributed by atoms with Crippen LogP contribution in [-0.4, -0.2) is 18.5 Å². The molecule has 3 aromatic carbocycles. The highest BCUT2D eigenvalue weighted by Crippen LogP contribution is 2.16. The van der Waals surface area contributed by atoms with Gasteiger partial charge in [0.15, 0.2) is 6.61 Å². The zero-order chi connectivity index (χ0) is 20.5. The van der Waals surface area contributed by atoms with Gasteiger partial charge >= 0.3 is 11.9 Å². The Hall–Kier alpha value is -3.60. The van der Waals surface area contributed by atoms with E-state index in [9.17, 15) is 9.59 Å². The lowest BCUT2D eigenvalue weighted by Gasteiger charge is -2.08. The molecule has 0 aliphatic rings. The van der Waals surface area contributed by atoms with E-state index in [1.165, 1.54) is 0 Å². The Bertz CT molecular complexity index is 949. The van der Waals surface area contributed by atoms with E-state index in [1.54, 1.807) is 30.3 Å². The molecule has 0 unspecified atom stereocenters. The van der Waals surface area contributed by atoms with Crippen LogP contribution in [0.5, 0.6) is 11.5 Å². The van der Waals surface area contributed by atoms with E-state index in [2.05, 4.69) is 6.92 Å². The molecule has 148 valence electrons. The molecule has 0 amide bonds. The third-order valence-corrected chi connectivity index (χ3v) is 4.20. The second-order valence-corrected chi connectivity index (χ2v) is 6.35. The predicted molar refractivity (Wildman–Crippen MR) is 109 cm³/mol. The molecule has 0 saturated heterocycles. The summed E-state index contributed by atoms with van der Waals surface area (Å²) in [6.07, 6.45) is 0.891. The van der Waals surface area contributed by atoms with Crippen LogP contribution in [0.2, 0.25) is 0 Å². The standard InChI is InChI=1S/C24H22O5/c1-2-18-9-6-10-22(15-18)27-17-23(25)29-21-13-11-20(12-14-21)24(26)28-16-19-7-4-3-5-8-19/h3-15H,2,16-17H2,1H3. The summed E-state index contributed by atoms with van der Waals surface area (Å²) < 4.78 is 16.0. The van der Waals surface area contributed by atoms with Crippen molar-refractivity contribution in [1.82, 2.24) is 0 Å². The number of carbonyl (C=O) groups excluding carboxylic acids is 2. The third kappa shape index (κ3) is 6.21. The third-order valence-electron chi connectivity index (χ3n) is 4.20. The van der Waals surface area contributed by atoms with E-state index in [-0.39, 0.29) is 13.2 Å². The molecule has 0 aromatic heterocycles. The van der Waals surface area contributed by atoms with Crippen LogP contribution in [-0.2, 0) is 22.6 Å². The lowest BCUT2D eigenvalue weighted by molar-refractivity contribution is -0.136. The fraction of sp³-hybridized carbons (Fsp3) is 0.167. The van der Waals surface area contributed by atoms with Crippen LogP contribution in [0.15, 0.2) is 78.9 Å². The first kappa shape index (κ1) is 20.1. The number of rotatable bonds is 8. The van der Waals surface area contributed by atoms with Crippen molar-refractivity contribution in [3.8, 4) is 11.5 Å². The van der Waals surface area contributed by atoms with E-state index >= 15 is 0 Å². The summed E-state index contributed by atoms with van der Waals surface area (Å²) in [5, 5.41) is 0. The number of ether oxygens (including phenoxy) is 3. The van der Waals surface area contributed by atoms with Gasteiger partial charge in [-0.1, -0.05) is 49.4 Å². The molecule has 3 aromatic rings. The number of hydrogen-bond donors (Lipinski definition) is 0. The van der Waals surface area contributed by atoms with Crippen LogP contribution in [0, 0.1) is 0 Å². The number of carbonyl (C=O) groups is 2. The molecular formula is C24H22O5. The molecule has 0 aliphatic heterocycles. The van der Waals surface area contributed by atoms with Crippen LogP contribution in [0.1, 0.15) is 28.4 Å². The first-order chi connectivity index (χ1) is 14.1. The van der Waals surface area contributed by atoms with E-state index in [1.807, 2.05) is 48.5 Å². The van der Waals surface area contributed by atoms with Gasteiger partial charge in [0.25, 0.3) is 0 Å². The minimum absolute atomic E-state index is 0.200. The molecule has 0 N–H and O–H groups in total. The summed E-state index contributed by atoms with van der Waals surface area (Å²) in [4.78, 5) is 24.1. The van der Waals surface area contributed by atoms with E-state index in [0.717, 1.165) is 17.5 Å². The van der Waals surface area contributed by atoms with Gasteiger partial charge in [-0.25, -0.2) is 9.59 Å². The van der Waals surface area contributed by atoms with Gasteiger partial charge in [-0.3, -0.25) is 0 Å². The topological polar surface area (TPSA) is 61.8 Å². The summed E-state index contributed by atoms with van der Waals surface area (Å²) in [5.74, 6) is -0.00416. The summed E-state index contributed by atoms with van der Waals surface area (Å²) >= 11 is 0. The Kier molecular flexibility index (Phi) is 7.00.